The van der Waals surface area contributed by atoms with E-state index in [2.05, 4.69) is 5.10 Å². The minimum absolute atomic E-state index is 0. The Bertz CT molecular complexity index is 615. The molecule has 2 N–H and O–H groups in total. The highest BCUT2D eigenvalue weighted by Gasteiger charge is 2.39. The van der Waals surface area contributed by atoms with E-state index in [1.165, 1.54) is 10.5 Å². The molecule has 0 bridgehead atoms. The standard InChI is InChI=1S/C13H22N4O3S.ClH/c1-13(9-14)3-4-16(10-13)21(18,19)12-6-15-17(7-12)11-2-5-20-8-11;/h6-7,11H,2-5,8-10,14H2,1H3;1H. The van der Waals surface area contributed by atoms with Crippen LogP contribution in [0.2, 0.25) is 0 Å². The molecule has 0 amide bonds. The minimum atomic E-state index is -3.47. The van der Waals surface area contributed by atoms with Gasteiger partial charge in [0.1, 0.15) is 4.90 Å². The van der Waals surface area contributed by atoms with E-state index in [0.29, 0.717) is 32.8 Å². The lowest BCUT2D eigenvalue weighted by atomic mass is 9.90. The van der Waals surface area contributed by atoms with E-state index >= 15 is 0 Å². The fraction of sp³-hybridized carbons (Fsp3) is 0.769. The molecule has 3 rings (SSSR count). The predicted molar refractivity (Wildman–Crippen MR) is 84.5 cm³/mol. The molecule has 126 valence electrons. The molecule has 3 heterocycles. The molecule has 2 unspecified atom stereocenters. The van der Waals surface area contributed by atoms with Crippen LogP contribution in [0.4, 0.5) is 0 Å². The smallest absolute Gasteiger partial charge is 0.246 e. The fourth-order valence-corrected chi connectivity index (χ4v) is 4.42. The summed E-state index contributed by atoms with van der Waals surface area (Å²) in [6.45, 7) is 4.82. The Morgan fingerprint density at radius 3 is 2.91 bits per heavy atom. The number of sulfonamides is 1. The third-order valence-corrected chi connectivity index (χ3v) is 6.31. The quantitative estimate of drug-likeness (QED) is 0.859. The summed E-state index contributed by atoms with van der Waals surface area (Å²) < 4.78 is 33.9. The van der Waals surface area contributed by atoms with Crippen molar-refractivity contribution in [3.63, 3.8) is 0 Å². The molecule has 22 heavy (non-hydrogen) atoms. The van der Waals surface area contributed by atoms with Gasteiger partial charge in [0.15, 0.2) is 0 Å². The molecule has 9 heteroatoms. The summed E-state index contributed by atoms with van der Waals surface area (Å²) in [7, 11) is -3.47. The Morgan fingerprint density at radius 2 is 2.32 bits per heavy atom. The van der Waals surface area contributed by atoms with Crippen LogP contribution in [-0.2, 0) is 14.8 Å². The van der Waals surface area contributed by atoms with E-state index in [0.717, 1.165) is 12.8 Å². The van der Waals surface area contributed by atoms with Crippen molar-refractivity contribution < 1.29 is 13.2 Å². The van der Waals surface area contributed by atoms with Crippen LogP contribution < -0.4 is 5.73 Å². The average Bonchev–Trinajstić information content (AvgIpc) is 3.19. The van der Waals surface area contributed by atoms with Crippen LogP contribution in [0.3, 0.4) is 0 Å². The van der Waals surface area contributed by atoms with Gasteiger partial charge in [0.25, 0.3) is 0 Å². The lowest BCUT2D eigenvalue weighted by molar-refractivity contribution is 0.184. The van der Waals surface area contributed by atoms with Crippen molar-refractivity contribution >= 4 is 22.4 Å². The summed E-state index contributed by atoms with van der Waals surface area (Å²) in [6, 6.07) is 0.141. The normalized spacial score (nSPS) is 29.6. The molecule has 1 aromatic heterocycles. The molecule has 0 saturated carbocycles. The second kappa shape index (κ2) is 6.45. The van der Waals surface area contributed by atoms with E-state index in [4.69, 9.17) is 10.5 Å². The maximum atomic E-state index is 12.7. The van der Waals surface area contributed by atoms with E-state index in [9.17, 15) is 8.42 Å². The number of nitrogens with two attached hydrogens (primary N) is 1. The maximum Gasteiger partial charge on any atom is 0.246 e. The van der Waals surface area contributed by atoms with Crippen molar-refractivity contribution in [2.45, 2.75) is 30.7 Å². The van der Waals surface area contributed by atoms with Gasteiger partial charge in [-0.2, -0.15) is 9.40 Å². The first kappa shape index (κ1) is 17.7. The summed E-state index contributed by atoms with van der Waals surface area (Å²) in [5.74, 6) is 0. The zero-order valence-corrected chi connectivity index (χ0v) is 14.3. The second-order valence-electron chi connectivity index (χ2n) is 6.28. The van der Waals surface area contributed by atoms with Gasteiger partial charge in [-0.05, 0) is 24.8 Å². The summed E-state index contributed by atoms with van der Waals surface area (Å²) in [6.07, 6.45) is 4.72. The summed E-state index contributed by atoms with van der Waals surface area (Å²) >= 11 is 0. The van der Waals surface area contributed by atoms with Gasteiger partial charge in [-0.25, -0.2) is 8.42 Å². The van der Waals surface area contributed by atoms with Crippen molar-refractivity contribution in [2.24, 2.45) is 11.1 Å². The predicted octanol–water partition coefficient (Wildman–Crippen LogP) is 0.626. The SMILES string of the molecule is CC1(CN)CCN(S(=O)(=O)c2cnn(C3CCOC3)c2)C1.Cl. The summed E-state index contributed by atoms with van der Waals surface area (Å²) in [5, 5.41) is 4.20. The number of aromatic nitrogens is 2. The first-order chi connectivity index (χ1) is 9.94. The summed E-state index contributed by atoms with van der Waals surface area (Å²) in [4.78, 5) is 0.260. The molecule has 2 aliphatic heterocycles. The first-order valence-corrected chi connectivity index (χ1v) is 8.71. The van der Waals surface area contributed by atoms with Crippen LogP contribution in [-0.4, -0.2) is 55.4 Å². The number of halogens is 1. The molecular weight excluding hydrogens is 328 g/mol. The first-order valence-electron chi connectivity index (χ1n) is 7.27. The van der Waals surface area contributed by atoms with Crippen molar-refractivity contribution in [2.75, 3.05) is 32.8 Å². The van der Waals surface area contributed by atoms with Crippen molar-refractivity contribution in [3.8, 4) is 0 Å². The summed E-state index contributed by atoms with van der Waals surface area (Å²) in [5.41, 5.74) is 5.62. The van der Waals surface area contributed by atoms with E-state index in [1.54, 1.807) is 10.9 Å². The second-order valence-corrected chi connectivity index (χ2v) is 8.21. The highest BCUT2D eigenvalue weighted by Crippen LogP contribution is 2.32. The van der Waals surface area contributed by atoms with Gasteiger partial charge in [-0.15, -0.1) is 12.4 Å². The van der Waals surface area contributed by atoms with Crippen LogP contribution >= 0.6 is 12.4 Å². The largest absolute Gasteiger partial charge is 0.379 e. The van der Waals surface area contributed by atoms with E-state index in [-0.39, 0.29) is 28.8 Å². The molecule has 2 saturated heterocycles. The van der Waals surface area contributed by atoms with Gasteiger partial charge in [0.05, 0.1) is 18.8 Å². The van der Waals surface area contributed by atoms with Gasteiger partial charge in [0, 0.05) is 25.9 Å². The van der Waals surface area contributed by atoms with Crippen LogP contribution in [0, 0.1) is 5.41 Å². The van der Waals surface area contributed by atoms with Crippen LogP contribution in [0.15, 0.2) is 17.3 Å². The Labute approximate surface area is 137 Å². The highest BCUT2D eigenvalue weighted by molar-refractivity contribution is 7.89. The van der Waals surface area contributed by atoms with Crippen LogP contribution in [0.1, 0.15) is 25.8 Å². The molecule has 2 fully saturated rings. The molecule has 0 spiro atoms. The Balaban J connectivity index is 0.00000176. The molecule has 1 aromatic rings. The number of ether oxygens (including phenoxy) is 1. The average molecular weight is 351 g/mol. The minimum Gasteiger partial charge on any atom is -0.379 e. The Kier molecular flexibility index (Phi) is 5.18. The molecule has 0 radical (unpaired) electrons. The van der Waals surface area contributed by atoms with Gasteiger partial charge in [0.2, 0.25) is 10.0 Å². The Morgan fingerprint density at radius 1 is 1.55 bits per heavy atom. The molecule has 2 atom stereocenters. The van der Waals surface area contributed by atoms with Gasteiger partial charge in [-0.3, -0.25) is 4.68 Å². The van der Waals surface area contributed by atoms with Gasteiger partial charge >= 0.3 is 0 Å². The van der Waals surface area contributed by atoms with E-state index < -0.39 is 10.0 Å². The zero-order valence-electron chi connectivity index (χ0n) is 12.6. The maximum absolute atomic E-state index is 12.7. The number of hydrogen-bond donors (Lipinski definition) is 1. The van der Waals surface area contributed by atoms with Crippen LogP contribution in [0.5, 0.6) is 0 Å². The van der Waals surface area contributed by atoms with Crippen molar-refractivity contribution in [1.29, 1.82) is 0 Å². The highest BCUT2D eigenvalue weighted by atomic mass is 35.5. The third kappa shape index (κ3) is 3.16. The molecule has 7 nitrogen and oxygen atoms in total. The fourth-order valence-electron chi connectivity index (χ4n) is 2.88. The molecule has 0 aliphatic carbocycles. The molecule has 0 aromatic carbocycles. The van der Waals surface area contributed by atoms with Gasteiger partial charge in [-0.1, -0.05) is 6.92 Å². The monoisotopic (exact) mass is 350 g/mol. The van der Waals surface area contributed by atoms with Gasteiger partial charge < -0.3 is 10.5 Å². The van der Waals surface area contributed by atoms with Crippen LogP contribution in [0.25, 0.3) is 0 Å². The number of nitrogens with zero attached hydrogens (tertiary/aromatic N) is 3. The zero-order chi connectivity index (χ0) is 15.1. The lowest BCUT2D eigenvalue weighted by Crippen LogP contribution is -2.34. The van der Waals surface area contributed by atoms with Crippen molar-refractivity contribution in [3.05, 3.63) is 12.4 Å². The topological polar surface area (TPSA) is 90.5 Å². The Hall–Kier alpha value is -0.670. The molecular formula is C13H23ClN4O3S. The van der Waals surface area contributed by atoms with Crippen molar-refractivity contribution in [1.82, 2.24) is 14.1 Å². The third-order valence-electron chi connectivity index (χ3n) is 4.51. The number of rotatable bonds is 4. The molecule has 2 aliphatic rings. The lowest BCUT2D eigenvalue weighted by Gasteiger charge is -2.21. The number of hydrogen-bond acceptors (Lipinski definition) is 5. The van der Waals surface area contributed by atoms with E-state index in [1.807, 2.05) is 6.92 Å².